The summed E-state index contributed by atoms with van der Waals surface area (Å²) in [7, 11) is 0. The van der Waals surface area contributed by atoms with Gasteiger partial charge >= 0.3 is 0 Å². The first kappa shape index (κ1) is 20.9. The molecule has 0 spiro atoms. The van der Waals surface area contributed by atoms with E-state index in [0.29, 0.717) is 13.0 Å². The number of rotatable bonds is 7. The Bertz CT molecular complexity index is 1180. The van der Waals surface area contributed by atoms with Crippen LogP contribution in [0.2, 0.25) is 0 Å². The van der Waals surface area contributed by atoms with Crippen molar-refractivity contribution in [2.45, 2.75) is 39.3 Å². The number of aromatic nitrogens is 1. The van der Waals surface area contributed by atoms with E-state index in [2.05, 4.69) is 72.4 Å². The van der Waals surface area contributed by atoms with Crippen LogP contribution in [0, 0.1) is 12.7 Å². The van der Waals surface area contributed by atoms with Crippen LogP contribution < -0.4 is 5.32 Å². The molecule has 0 unspecified atom stereocenters. The van der Waals surface area contributed by atoms with Gasteiger partial charge in [0.15, 0.2) is 0 Å². The van der Waals surface area contributed by atoms with E-state index in [9.17, 15) is 9.18 Å². The van der Waals surface area contributed by atoms with Gasteiger partial charge < -0.3 is 9.88 Å². The zero-order chi connectivity index (χ0) is 21.8. The average molecular weight is 415 g/mol. The first-order valence-corrected chi connectivity index (χ1v) is 10.7. The lowest BCUT2D eigenvalue weighted by Crippen LogP contribution is -2.25. The van der Waals surface area contributed by atoms with Gasteiger partial charge in [0, 0.05) is 42.5 Å². The largest absolute Gasteiger partial charge is 0.352 e. The molecule has 0 saturated carbocycles. The minimum absolute atomic E-state index is 0.0248. The topological polar surface area (TPSA) is 34.0 Å². The Hall–Kier alpha value is -3.40. The molecule has 4 heteroatoms. The van der Waals surface area contributed by atoms with E-state index in [1.54, 1.807) is 12.1 Å². The summed E-state index contributed by atoms with van der Waals surface area (Å²) in [6.45, 7) is 5.46. The van der Waals surface area contributed by atoms with Gasteiger partial charge in [0.1, 0.15) is 5.82 Å². The molecule has 0 radical (unpaired) electrons. The zero-order valence-electron chi connectivity index (χ0n) is 17.9. The Balaban J connectivity index is 1.63. The summed E-state index contributed by atoms with van der Waals surface area (Å²) in [6.07, 6.45) is 2.53. The Morgan fingerprint density at radius 3 is 2.42 bits per heavy atom. The predicted octanol–water partition coefficient (Wildman–Crippen LogP) is 5.95. The number of para-hydroxylation sites is 1. The third kappa shape index (κ3) is 4.69. The molecule has 0 aliphatic heterocycles. The highest BCUT2D eigenvalue weighted by atomic mass is 19.1. The highest BCUT2D eigenvalue weighted by molar-refractivity contribution is 5.86. The molecule has 158 valence electrons. The number of fused-ring (bicyclic) bond motifs is 1. The first-order valence-electron chi connectivity index (χ1n) is 10.7. The third-order valence-corrected chi connectivity index (χ3v) is 5.81. The minimum Gasteiger partial charge on any atom is -0.352 e. The number of hydrogen-bond acceptors (Lipinski definition) is 1. The fourth-order valence-electron chi connectivity index (χ4n) is 4.08. The van der Waals surface area contributed by atoms with Crippen molar-refractivity contribution in [1.29, 1.82) is 0 Å². The molecule has 1 N–H and O–H groups in total. The van der Waals surface area contributed by atoms with Crippen LogP contribution in [0.15, 0.2) is 79.0 Å². The second kappa shape index (κ2) is 9.17. The summed E-state index contributed by atoms with van der Waals surface area (Å²) in [5.41, 5.74) is 5.55. The molecular weight excluding hydrogens is 387 g/mol. The second-order valence-electron chi connectivity index (χ2n) is 7.96. The van der Waals surface area contributed by atoms with Crippen LogP contribution >= 0.6 is 0 Å². The molecule has 1 amide bonds. The van der Waals surface area contributed by atoms with Crippen molar-refractivity contribution >= 4 is 16.8 Å². The summed E-state index contributed by atoms with van der Waals surface area (Å²) < 4.78 is 15.4. The zero-order valence-corrected chi connectivity index (χ0v) is 17.9. The molecule has 1 atom stereocenters. The number of benzene rings is 3. The highest BCUT2D eigenvalue weighted by Gasteiger charge is 2.22. The Morgan fingerprint density at radius 1 is 1.00 bits per heavy atom. The van der Waals surface area contributed by atoms with Gasteiger partial charge in [0.05, 0.1) is 0 Å². The molecule has 31 heavy (non-hydrogen) atoms. The van der Waals surface area contributed by atoms with Gasteiger partial charge in [-0.25, -0.2) is 4.39 Å². The van der Waals surface area contributed by atoms with Gasteiger partial charge in [0.25, 0.3) is 0 Å². The van der Waals surface area contributed by atoms with E-state index in [-0.39, 0.29) is 17.6 Å². The van der Waals surface area contributed by atoms with E-state index >= 15 is 0 Å². The van der Waals surface area contributed by atoms with Gasteiger partial charge in [-0.3, -0.25) is 4.79 Å². The van der Waals surface area contributed by atoms with Gasteiger partial charge in [-0.05, 0) is 48.7 Å². The molecule has 3 aromatic carbocycles. The fourth-order valence-corrected chi connectivity index (χ4v) is 4.08. The van der Waals surface area contributed by atoms with Crippen LogP contribution in [0.4, 0.5) is 4.39 Å². The molecule has 3 nitrogen and oxygen atoms in total. The first-order chi connectivity index (χ1) is 15.0. The summed E-state index contributed by atoms with van der Waals surface area (Å²) >= 11 is 0. The fraction of sp³-hybridized carbons (Fsp3) is 0.222. The molecule has 0 fully saturated rings. The molecule has 0 aliphatic carbocycles. The van der Waals surface area contributed by atoms with E-state index < -0.39 is 0 Å². The van der Waals surface area contributed by atoms with Gasteiger partial charge in [-0.1, -0.05) is 60.2 Å². The van der Waals surface area contributed by atoms with Crippen molar-refractivity contribution in [2.75, 3.05) is 0 Å². The lowest BCUT2D eigenvalue weighted by molar-refractivity contribution is -0.121. The predicted molar refractivity (Wildman–Crippen MR) is 123 cm³/mol. The standard InChI is InChI=1S/C27H27FN2O/c1-3-30-18-25(23-6-4-5-7-26(23)30)24(21-12-8-19(2)9-13-21)16-27(31)29-17-20-10-14-22(28)15-11-20/h4-15,18,24H,3,16-17H2,1-2H3,(H,29,31)/t24-/m1/s1. The molecule has 0 saturated heterocycles. The third-order valence-electron chi connectivity index (χ3n) is 5.81. The van der Waals surface area contributed by atoms with Crippen molar-refractivity contribution in [3.05, 3.63) is 107 Å². The molecule has 0 bridgehead atoms. The number of carbonyl (C=O) groups is 1. The number of nitrogens with one attached hydrogen (secondary N) is 1. The van der Waals surface area contributed by atoms with Crippen LogP contribution in [0.25, 0.3) is 10.9 Å². The van der Waals surface area contributed by atoms with Crippen molar-refractivity contribution in [2.24, 2.45) is 0 Å². The number of amides is 1. The molecule has 1 aromatic heterocycles. The monoisotopic (exact) mass is 414 g/mol. The second-order valence-corrected chi connectivity index (χ2v) is 7.96. The van der Waals surface area contributed by atoms with Crippen LogP contribution in [-0.2, 0) is 17.9 Å². The maximum absolute atomic E-state index is 13.1. The van der Waals surface area contributed by atoms with E-state index in [1.807, 2.05) is 6.07 Å². The van der Waals surface area contributed by atoms with E-state index in [0.717, 1.165) is 17.7 Å². The summed E-state index contributed by atoms with van der Waals surface area (Å²) in [5.74, 6) is -0.350. The average Bonchev–Trinajstić information content (AvgIpc) is 3.16. The lowest BCUT2D eigenvalue weighted by Gasteiger charge is -2.18. The Morgan fingerprint density at radius 2 is 1.71 bits per heavy atom. The Kier molecular flexibility index (Phi) is 6.17. The maximum Gasteiger partial charge on any atom is 0.221 e. The van der Waals surface area contributed by atoms with E-state index in [4.69, 9.17) is 0 Å². The van der Waals surface area contributed by atoms with Crippen molar-refractivity contribution in [3.8, 4) is 0 Å². The number of hydrogen-bond donors (Lipinski definition) is 1. The smallest absolute Gasteiger partial charge is 0.221 e. The summed E-state index contributed by atoms with van der Waals surface area (Å²) in [4.78, 5) is 12.9. The quantitative estimate of drug-likeness (QED) is 0.398. The molecule has 4 rings (SSSR count). The van der Waals surface area contributed by atoms with Crippen LogP contribution in [0.5, 0.6) is 0 Å². The normalized spacial score (nSPS) is 12.1. The van der Waals surface area contributed by atoms with Gasteiger partial charge in [0.2, 0.25) is 5.91 Å². The maximum atomic E-state index is 13.1. The van der Waals surface area contributed by atoms with Crippen LogP contribution in [-0.4, -0.2) is 10.5 Å². The van der Waals surface area contributed by atoms with Crippen molar-refractivity contribution in [1.82, 2.24) is 9.88 Å². The van der Waals surface area contributed by atoms with E-state index in [1.165, 1.54) is 34.2 Å². The number of halogens is 1. The van der Waals surface area contributed by atoms with Crippen molar-refractivity contribution in [3.63, 3.8) is 0 Å². The highest BCUT2D eigenvalue weighted by Crippen LogP contribution is 2.35. The van der Waals surface area contributed by atoms with Crippen molar-refractivity contribution < 1.29 is 9.18 Å². The molecule has 0 aliphatic rings. The lowest BCUT2D eigenvalue weighted by atomic mass is 9.87. The summed E-state index contributed by atoms with van der Waals surface area (Å²) in [6, 6.07) is 23.0. The number of nitrogens with zero attached hydrogens (tertiary/aromatic N) is 1. The molecular formula is C27H27FN2O. The molecule has 1 heterocycles. The SMILES string of the molecule is CCn1cc([C@H](CC(=O)NCc2ccc(F)cc2)c2ccc(C)cc2)c2ccccc21. The molecule has 4 aromatic rings. The minimum atomic E-state index is -0.276. The van der Waals surface area contributed by atoms with Gasteiger partial charge in [-0.2, -0.15) is 0 Å². The Labute approximate surface area is 182 Å². The van der Waals surface area contributed by atoms with Crippen LogP contribution in [0.3, 0.4) is 0 Å². The van der Waals surface area contributed by atoms with Crippen LogP contribution in [0.1, 0.15) is 41.5 Å². The number of carbonyl (C=O) groups excluding carboxylic acids is 1. The van der Waals surface area contributed by atoms with Gasteiger partial charge in [-0.15, -0.1) is 0 Å². The number of aryl methyl sites for hydroxylation is 2. The summed E-state index contributed by atoms with van der Waals surface area (Å²) in [5, 5.41) is 4.18.